The van der Waals surface area contributed by atoms with Crippen LogP contribution in [0.1, 0.15) is 28.4 Å². The van der Waals surface area contributed by atoms with Crippen molar-refractivity contribution in [1.29, 1.82) is 0 Å². The van der Waals surface area contributed by atoms with Crippen molar-refractivity contribution in [2.24, 2.45) is 0 Å². The number of nitrogens with zero attached hydrogens (tertiary/aromatic N) is 1. The lowest BCUT2D eigenvalue weighted by Crippen LogP contribution is -2.42. The van der Waals surface area contributed by atoms with Crippen molar-refractivity contribution >= 4 is 23.5 Å². The smallest absolute Gasteiger partial charge is 0.340 e. The van der Waals surface area contributed by atoms with Crippen molar-refractivity contribution in [3.05, 3.63) is 69.7 Å². The van der Waals surface area contributed by atoms with E-state index >= 15 is 0 Å². The Kier molecular flexibility index (Phi) is 5.23. The van der Waals surface area contributed by atoms with Crippen LogP contribution in [0, 0.1) is 11.6 Å². The number of rotatable bonds is 3. The highest BCUT2D eigenvalue weighted by molar-refractivity contribution is 6.33. The Hall–Kier alpha value is -2.47. The maximum absolute atomic E-state index is 13.3. The minimum atomic E-state index is -1.21. The summed E-state index contributed by atoms with van der Waals surface area (Å²) < 4.78 is 31.5. The highest BCUT2D eigenvalue weighted by Gasteiger charge is 2.28. The van der Waals surface area contributed by atoms with Crippen LogP contribution in [0.3, 0.4) is 0 Å². The maximum atomic E-state index is 13.3. The van der Waals surface area contributed by atoms with Crippen LogP contribution >= 0.6 is 11.6 Å². The third-order valence-electron chi connectivity index (χ3n) is 4.30. The summed E-state index contributed by atoms with van der Waals surface area (Å²) in [6.45, 7) is 2.39. The van der Waals surface area contributed by atoms with E-state index in [2.05, 4.69) is 0 Å². The van der Waals surface area contributed by atoms with Gasteiger partial charge in [0, 0.05) is 13.1 Å². The summed E-state index contributed by atoms with van der Waals surface area (Å²) in [5.41, 5.74) is 1.92. The predicted octanol–water partition coefficient (Wildman–Crippen LogP) is 3.75. The van der Waals surface area contributed by atoms with Gasteiger partial charge in [0.05, 0.1) is 10.6 Å². The van der Waals surface area contributed by atoms with Crippen molar-refractivity contribution < 1.29 is 23.1 Å². The molecule has 1 atom stereocenters. The number of hydrogen-bond donors (Lipinski definition) is 0. The zero-order valence-electron chi connectivity index (χ0n) is 14.0. The normalized spacial score (nSPS) is 14.5. The number of carbonyl (C=O) groups is 2. The standard InChI is InChI=1S/C19H16ClF2NO3/c1-11(26-19(25)14-8-16(21)17(22)9-15(14)20)18(24)23-7-6-12-4-2-3-5-13(12)10-23/h2-5,8-9,11H,6-7,10H2,1H3/t11-/m1/s1. The second-order valence-corrected chi connectivity index (χ2v) is 6.48. The molecule has 0 saturated carbocycles. The van der Waals surface area contributed by atoms with Crippen molar-refractivity contribution in [3.8, 4) is 0 Å². The number of amides is 1. The predicted molar refractivity (Wildman–Crippen MR) is 91.8 cm³/mol. The fourth-order valence-electron chi connectivity index (χ4n) is 2.89. The molecular weight excluding hydrogens is 364 g/mol. The van der Waals surface area contributed by atoms with Gasteiger partial charge in [-0.1, -0.05) is 35.9 Å². The lowest BCUT2D eigenvalue weighted by Gasteiger charge is -2.30. The Bertz CT molecular complexity index is 872. The lowest BCUT2D eigenvalue weighted by molar-refractivity contribution is -0.140. The molecule has 0 N–H and O–H groups in total. The third kappa shape index (κ3) is 3.70. The SMILES string of the molecule is C[C@@H](OC(=O)c1cc(F)c(F)cc1Cl)C(=O)N1CCc2ccccc2C1. The number of carbonyl (C=O) groups excluding carboxylic acids is 2. The van der Waals surface area contributed by atoms with Gasteiger partial charge in [0.1, 0.15) is 0 Å². The number of ether oxygens (including phenoxy) is 1. The summed E-state index contributed by atoms with van der Waals surface area (Å²) in [4.78, 5) is 26.3. The van der Waals surface area contributed by atoms with Crippen LogP contribution < -0.4 is 0 Å². The van der Waals surface area contributed by atoms with Gasteiger partial charge >= 0.3 is 5.97 Å². The molecule has 0 fully saturated rings. The molecule has 2 aromatic carbocycles. The molecule has 3 rings (SSSR count). The summed E-state index contributed by atoms with van der Waals surface area (Å²) in [5, 5.41) is -0.277. The molecule has 0 radical (unpaired) electrons. The molecule has 136 valence electrons. The zero-order valence-corrected chi connectivity index (χ0v) is 14.7. The summed E-state index contributed by atoms with van der Waals surface area (Å²) >= 11 is 5.76. The Labute approximate surface area is 154 Å². The van der Waals surface area contributed by atoms with Gasteiger partial charge in [-0.15, -0.1) is 0 Å². The van der Waals surface area contributed by atoms with E-state index in [0.717, 1.165) is 12.0 Å². The van der Waals surface area contributed by atoms with Crippen molar-refractivity contribution in [2.75, 3.05) is 6.54 Å². The molecule has 7 heteroatoms. The average molecular weight is 380 g/mol. The lowest BCUT2D eigenvalue weighted by atomic mass is 9.99. The molecule has 2 aromatic rings. The summed E-state index contributed by atoms with van der Waals surface area (Å²) in [6, 6.07) is 9.18. The van der Waals surface area contributed by atoms with E-state index in [1.54, 1.807) is 4.90 Å². The fourth-order valence-corrected chi connectivity index (χ4v) is 3.12. The second-order valence-electron chi connectivity index (χ2n) is 6.07. The van der Waals surface area contributed by atoms with Gasteiger partial charge in [0.15, 0.2) is 17.7 Å². The molecule has 0 bridgehead atoms. The van der Waals surface area contributed by atoms with Gasteiger partial charge in [-0.2, -0.15) is 0 Å². The van der Waals surface area contributed by atoms with Crippen molar-refractivity contribution in [1.82, 2.24) is 4.90 Å². The van der Waals surface area contributed by atoms with Gasteiger partial charge in [-0.25, -0.2) is 13.6 Å². The molecule has 0 aliphatic carbocycles. The maximum Gasteiger partial charge on any atom is 0.340 e. The summed E-state index contributed by atoms with van der Waals surface area (Å²) in [5.74, 6) is -3.71. The van der Waals surface area contributed by atoms with E-state index in [-0.39, 0.29) is 16.5 Å². The Morgan fingerprint density at radius 2 is 1.81 bits per heavy atom. The third-order valence-corrected chi connectivity index (χ3v) is 4.62. The largest absolute Gasteiger partial charge is 0.449 e. The Balaban J connectivity index is 1.68. The molecule has 1 aliphatic heterocycles. The van der Waals surface area contributed by atoms with Gasteiger partial charge in [-0.05, 0) is 36.6 Å². The van der Waals surface area contributed by atoms with Crippen molar-refractivity contribution in [3.63, 3.8) is 0 Å². The van der Waals surface area contributed by atoms with E-state index in [4.69, 9.17) is 16.3 Å². The minimum absolute atomic E-state index is 0.277. The Morgan fingerprint density at radius 1 is 1.15 bits per heavy atom. The highest BCUT2D eigenvalue weighted by Crippen LogP contribution is 2.23. The molecule has 1 heterocycles. The van der Waals surface area contributed by atoms with Gasteiger partial charge in [0.25, 0.3) is 5.91 Å². The fraction of sp³-hybridized carbons (Fsp3) is 0.263. The van der Waals surface area contributed by atoms with E-state index < -0.39 is 23.7 Å². The zero-order chi connectivity index (χ0) is 18.8. The van der Waals surface area contributed by atoms with Gasteiger partial charge in [-0.3, -0.25) is 4.79 Å². The second kappa shape index (κ2) is 7.41. The number of halogens is 3. The van der Waals surface area contributed by atoms with Gasteiger partial charge in [0.2, 0.25) is 0 Å². The van der Waals surface area contributed by atoms with Crippen LogP contribution in [0.15, 0.2) is 36.4 Å². The first-order chi connectivity index (χ1) is 12.4. The molecule has 1 aliphatic rings. The summed E-state index contributed by atoms with van der Waals surface area (Å²) in [6.07, 6.45) is -0.352. The first-order valence-electron chi connectivity index (χ1n) is 8.08. The van der Waals surface area contributed by atoms with Crippen LogP contribution in [-0.2, 0) is 22.5 Å². The monoisotopic (exact) mass is 379 g/mol. The first kappa shape index (κ1) is 18.3. The van der Waals surface area contributed by atoms with E-state index in [0.29, 0.717) is 25.2 Å². The molecule has 4 nitrogen and oxygen atoms in total. The average Bonchev–Trinajstić information content (AvgIpc) is 2.63. The van der Waals surface area contributed by atoms with Crippen LogP contribution in [0.5, 0.6) is 0 Å². The molecule has 1 amide bonds. The minimum Gasteiger partial charge on any atom is -0.449 e. The molecule has 0 saturated heterocycles. The van der Waals surface area contributed by atoms with E-state index in [1.165, 1.54) is 12.5 Å². The number of benzene rings is 2. The summed E-state index contributed by atoms with van der Waals surface area (Å²) in [7, 11) is 0. The quantitative estimate of drug-likeness (QED) is 0.602. The number of hydrogen-bond acceptors (Lipinski definition) is 3. The topological polar surface area (TPSA) is 46.6 Å². The van der Waals surface area contributed by atoms with Crippen LogP contribution in [0.4, 0.5) is 8.78 Å². The molecule has 26 heavy (non-hydrogen) atoms. The molecule has 0 unspecified atom stereocenters. The molecular formula is C19H16ClF2NO3. The first-order valence-corrected chi connectivity index (χ1v) is 8.45. The highest BCUT2D eigenvalue weighted by atomic mass is 35.5. The van der Waals surface area contributed by atoms with Crippen LogP contribution in [0.25, 0.3) is 0 Å². The molecule has 0 aromatic heterocycles. The molecule has 0 spiro atoms. The van der Waals surface area contributed by atoms with Gasteiger partial charge < -0.3 is 9.64 Å². The Morgan fingerprint density at radius 3 is 2.54 bits per heavy atom. The van der Waals surface area contributed by atoms with Crippen molar-refractivity contribution in [2.45, 2.75) is 26.0 Å². The van der Waals surface area contributed by atoms with E-state index in [9.17, 15) is 18.4 Å². The van der Waals surface area contributed by atoms with E-state index in [1.807, 2.05) is 24.3 Å². The van der Waals surface area contributed by atoms with Crippen LogP contribution in [0.2, 0.25) is 5.02 Å². The number of fused-ring (bicyclic) bond motifs is 1. The van der Waals surface area contributed by atoms with Crippen LogP contribution in [-0.4, -0.2) is 29.4 Å². The number of esters is 1.